The van der Waals surface area contributed by atoms with Crippen molar-refractivity contribution in [3.8, 4) is 0 Å². The third kappa shape index (κ3) is 271. The molecule has 0 aromatic carbocycles. The Kier molecular flexibility index (Phi) is 1210. The molecule has 0 aliphatic heterocycles. The van der Waals surface area contributed by atoms with Crippen molar-refractivity contribution in [2.45, 2.75) is 0 Å². The summed E-state index contributed by atoms with van der Waals surface area (Å²) in [5.41, 5.74) is 81.0. The van der Waals surface area contributed by atoms with Crippen LogP contribution in [0.25, 0.3) is 95.8 Å². The van der Waals surface area contributed by atoms with Gasteiger partial charge in [0.15, 0.2) is 0 Å². The summed E-state index contributed by atoms with van der Waals surface area (Å²) in [7, 11) is 0. The van der Waals surface area contributed by atoms with Gasteiger partial charge in [0.2, 0.25) is 0 Å². The van der Waals surface area contributed by atoms with E-state index in [1.54, 1.807) is 0 Å². The Bertz CT molecular complexity index is 231. The smallest absolute Gasteiger partial charge is 0.373 e. The molecule has 0 bridgehead atoms. The molecule has 19 heteroatoms. The molecule has 18 nitrogen and oxygen atoms in total. The van der Waals surface area contributed by atoms with Crippen LogP contribution in [0.2, 0.25) is 0 Å². The SMILES string of the molecule is [C+4].[Cd+2].[N-]=[N+]=[N-].[N-]=[N+]=[N-].[N-]=[N+]=[N-].[N-]=[N+]=[N-].[N-]=[N+]=[N-].[N-]=[N+]=[N-]. The topological polar surface area (TPSA) is 352 Å². The number of rotatable bonds is 0. The van der Waals surface area contributed by atoms with E-state index in [1.165, 1.54) is 29.5 Å². The van der Waals surface area contributed by atoms with E-state index in [-0.39, 0.29) is 34.7 Å². The van der Waals surface area contributed by atoms with Crippen LogP contribution in [0.15, 0.2) is 0 Å². The van der Waals surface area contributed by atoms with Gasteiger partial charge in [-0.3, -0.25) is 29.5 Å². The van der Waals surface area contributed by atoms with Crippen molar-refractivity contribution in [1.29, 1.82) is 0 Å². The van der Waals surface area contributed by atoms with Crippen LogP contribution in [-0.4, -0.2) is 0 Å². The molecule has 0 aliphatic rings. The predicted molar refractivity (Wildman–Crippen MR) is 63.7 cm³/mol. The van der Waals surface area contributed by atoms with E-state index in [2.05, 4.69) is 0 Å². The van der Waals surface area contributed by atoms with Crippen molar-refractivity contribution < 1.29 is 27.3 Å². The minimum Gasteiger partial charge on any atom is -0.373 e. The first-order chi connectivity index (χ1) is 8.49. The van der Waals surface area contributed by atoms with Crippen molar-refractivity contribution in [2.75, 3.05) is 0 Å². The summed E-state index contributed by atoms with van der Waals surface area (Å²) < 4.78 is 0. The van der Waals surface area contributed by atoms with Crippen LogP contribution in [0.5, 0.6) is 0 Å². The number of hydrogen-bond acceptors (Lipinski definition) is 0. The maximum atomic E-state index is 6.75. The first-order valence-electron chi connectivity index (χ1n) is 2.40. The number of hydrogen-bond donors (Lipinski definition) is 0. The van der Waals surface area contributed by atoms with Crippen molar-refractivity contribution in [3.63, 3.8) is 0 Å². The molecular formula is CCdN18. The van der Waals surface area contributed by atoms with Gasteiger partial charge in [0.1, 0.15) is 0 Å². The molecule has 20 heavy (non-hydrogen) atoms. The second-order valence-corrected chi connectivity index (χ2v) is 0.537. The van der Waals surface area contributed by atoms with E-state index >= 15 is 0 Å². The molecule has 0 saturated heterocycles. The molecule has 0 fully saturated rings. The van der Waals surface area contributed by atoms with Crippen molar-refractivity contribution in [2.24, 2.45) is 0 Å². The summed E-state index contributed by atoms with van der Waals surface area (Å²) in [5.74, 6) is 0. The fourth-order valence-electron chi connectivity index (χ4n) is 0. The van der Waals surface area contributed by atoms with Crippen LogP contribution in [0.1, 0.15) is 0 Å². The molecule has 0 unspecified atom stereocenters. The molecule has 0 radical (unpaired) electrons. The molecule has 0 atom stereocenters. The maximum absolute atomic E-state index is 6.75. The zero-order valence-electron chi connectivity index (χ0n) is 9.26. The molecule has 96 valence electrons. The van der Waals surface area contributed by atoms with Gasteiger partial charge in [0.25, 0.3) is 0 Å². The summed E-state index contributed by atoms with van der Waals surface area (Å²) in [4.78, 5) is 9.00. The van der Waals surface area contributed by atoms with Crippen LogP contribution < -0.4 is 0 Å². The van der Waals surface area contributed by atoms with Crippen LogP contribution in [0, 0.1) is 7.43 Å². The molecule has 0 aromatic rings. The van der Waals surface area contributed by atoms with Crippen LogP contribution in [-0.2, 0) is 27.3 Å². The maximum Gasteiger partial charge on any atom is 4.00 e. The Balaban J connectivity index is -0.0000000141. The van der Waals surface area contributed by atoms with E-state index in [1.807, 2.05) is 0 Å². The van der Waals surface area contributed by atoms with Gasteiger partial charge in [-0.25, -0.2) is 0 Å². The average Bonchev–Trinajstić information content (AvgIpc) is 2.23. The van der Waals surface area contributed by atoms with Gasteiger partial charge in [-0.1, -0.05) is 0 Å². The summed E-state index contributed by atoms with van der Waals surface area (Å²) in [5, 5.41) is 0. The van der Waals surface area contributed by atoms with E-state index in [4.69, 9.17) is 66.4 Å². The molecule has 0 rings (SSSR count). The molecule has 0 heterocycles. The molecule has 0 spiro atoms. The summed E-state index contributed by atoms with van der Waals surface area (Å²) in [6, 6.07) is 0. The van der Waals surface area contributed by atoms with E-state index in [0.29, 0.717) is 0 Å². The Hall–Kier alpha value is -3.22. The average molecular weight is 377 g/mol. The first-order valence-corrected chi connectivity index (χ1v) is 2.40. The van der Waals surface area contributed by atoms with Crippen molar-refractivity contribution in [1.82, 2.24) is 0 Å². The zero-order valence-corrected chi connectivity index (χ0v) is 13.3. The van der Waals surface area contributed by atoms with Crippen molar-refractivity contribution >= 4 is 0 Å². The third-order valence-electron chi connectivity index (χ3n) is 0. The van der Waals surface area contributed by atoms with E-state index in [0.717, 1.165) is 0 Å². The fourth-order valence-corrected chi connectivity index (χ4v) is 0. The van der Waals surface area contributed by atoms with Gasteiger partial charge < -0.3 is 66.4 Å². The van der Waals surface area contributed by atoms with Gasteiger partial charge in [0.05, 0.1) is 0 Å². The third-order valence-corrected chi connectivity index (χ3v) is 0. The summed E-state index contributed by atoms with van der Waals surface area (Å²) >= 11 is 0. The molecule has 0 saturated carbocycles. The van der Waals surface area contributed by atoms with Gasteiger partial charge in [-0.05, 0) is 0 Å². The molecule has 0 aliphatic carbocycles. The Labute approximate surface area is 131 Å². The molecule has 0 aromatic heterocycles. The van der Waals surface area contributed by atoms with Crippen LogP contribution in [0.3, 0.4) is 0 Å². The largest absolute Gasteiger partial charge is 4.00 e. The van der Waals surface area contributed by atoms with Gasteiger partial charge in [-0.15, -0.1) is 0 Å². The van der Waals surface area contributed by atoms with E-state index in [9.17, 15) is 0 Å². The number of nitrogens with zero attached hydrogens (tertiary/aromatic N) is 18. The summed E-state index contributed by atoms with van der Waals surface area (Å²) in [6.45, 7) is 0. The Morgan fingerprint density at radius 3 is 0.300 bits per heavy atom. The molecule has 0 amide bonds. The normalized spacial score (nSPS) is 2.40. The second kappa shape index (κ2) is 446. The van der Waals surface area contributed by atoms with Crippen molar-refractivity contribution in [3.05, 3.63) is 103 Å². The van der Waals surface area contributed by atoms with Gasteiger partial charge >= 0.3 is 34.7 Å². The molecule has 0 N–H and O–H groups in total. The summed E-state index contributed by atoms with van der Waals surface area (Å²) in [6.07, 6.45) is 0. The fraction of sp³-hybridized carbons (Fsp3) is 0. The molecular weight excluding hydrogens is 377 g/mol. The quantitative estimate of drug-likeness (QED) is 0.225. The van der Waals surface area contributed by atoms with Crippen LogP contribution >= 0.6 is 0 Å². The van der Waals surface area contributed by atoms with Crippen LogP contribution in [0.4, 0.5) is 0 Å². The second-order valence-electron chi connectivity index (χ2n) is 0.537. The minimum absolute atomic E-state index is 0. The van der Waals surface area contributed by atoms with Gasteiger partial charge in [0, 0.05) is 0 Å². The zero-order chi connectivity index (χ0) is 16.2. The Morgan fingerprint density at radius 1 is 0.300 bits per heavy atom. The monoisotopic (exact) mass is 378 g/mol. The Morgan fingerprint density at radius 2 is 0.300 bits per heavy atom. The van der Waals surface area contributed by atoms with E-state index < -0.39 is 0 Å². The van der Waals surface area contributed by atoms with Gasteiger partial charge in [-0.2, -0.15) is 0 Å². The first kappa shape index (κ1) is 54.2. The minimum atomic E-state index is 0. The predicted octanol–water partition coefficient (Wildman–Crippen LogP) is 5.28. The standard InChI is InChI=1S/C.Cd.6N3/c;;6*1-3-2/q+4;+2;6*-1.